The highest BCUT2D eigenvalue weighted by Gasteiger charge is 2.28. The molecule has 0 bridgehead atoms. The summed E-state index contributed by atoms with van der Waals surface area (Å²) in [5.74, 6) is -0.559. The zero-order chi connectivity index (χ0) is 21.3. The summed E-state index contributed by atoms with van der Waals surface area (Å²) < 4.78 is 29.1. The predicted octanol–water partition coefficient (Wildman–Crippen LogP) is 1.60. The number of H-pyrrole nitrogens is 1. The van der Waals surface area contributed by atoms with Crippen LogP contribution < -0.4 is 10.5 Å². The van der Waals surface area contributed by atoms with Crippen LogP contribution >= 0.6 is 0 Å². The standard InChI is InChI=1S/C20H24N6O3S/c1-2-3-10-23-30(28,29)14-6-4-13(5-7-14)12-26-19-15(18(25-26)20(21)27)8-9-17-16(19)11-22-24-17/h4-7,11,23H,2-3,8-10,12H2,1H3,(H2,21,27)(H,22,24). The summed E-state index contributed by atoms with van der Waals surface area (Å²) in [6.45, 7) is 2.81. The van der Waals surface area contributed by atoms with E-state index in [2.05, 4.69) is 20.0 Å². The summed E-state index contributed by atoms with van der Waals surface area (Å²) in [6.07, 6.45) is 4.84. The number of aromatic nitrogens is 4. The molecule has 0 fully saturated rings. The monoisotopic (exact) mass is 428 g/mol. The lowest BCUT2D eigenvalue weighted by Crippen LogP contribution is -2.24. The maximum absolute atomic E-state index is 12.4. The van der Waals surface area contributed by atoms with Gasteiger partial charge in [-0.05, 0) is 37.0 Å². The van der Waals surface area contributed by atoms with Gasteiger partial charge in [-0.3, -0.25) is 14.6 Å². The molecule has 0 atom stereocenters. The lowest BCUT2D eigenvalue weighted by Gasteiger charge is -2.14. The van der Waals surface area contributed by atoms with Crippen LogP contribution in [0.3, 0.4) is 0 Å². The SMILES string of the molecule is CCCCNS(=O)(=O)c1ccc(Cn2nc(C(N)=O)c3c2-c2cn[nH]c2CC3)cc1. The summed E-state index contributed by atoms with van der Waals surface area (Å²) in [5.41, 5.74) is 10.3. The average molecular weight is 429 g/mol. The molecule has 9 nitrogen and oxygen atoms in total. The molecule has 1 aliphatic carbocycles. The summed E-state index contributed by atoms with van der Waals surface area (Å²) in [7, 11) is -3.52. The topological polar surface area (TPSA) is 136 Å². The second kappa shape index (κ2) is 8.04. The third kappa shape index (κ3) is 3.75. The predicted molar refractivity (Wildman–Crippen MR) is 111 cm³/mol. The molecule has 1 amide bonds. The molecule has 10 heteroatoms. The third-order valence-electron chi connectivity index (χ3n) is 5.27. The van der Waals surface area contributed by atoms with Crippen molar-refractivity contribution in [2.75, 3.05) is 6.54 Å². The van der Waals surface area contributed by atoms with Gasteiger partial charge < -0.3 is 5.73 Å². The van der Waals surface area contributed by atoms with Gasteiger partial charge in [-0.25, -0.2) is 13.1 Å². The Kier molecular flexibility index (Phi) is 5.44. The largest absolute Gasteiger partial charge is 0.364 e. The number of nitrogens with two attached hydrogens (primary N) is 1. The number of nitrogens with one attached hydrogen (secondary N) is 2. The van der Waals surface area contributed by atoms with Crippen LogP contribution in [0.25, 0.3) is 11.3 Å². The van der Waals surface area contributed by atoms with Crippen LogP contribution in [0.2, 0.25) is 0 Å². The molecule has 3 aromatic rings. The smallest absolute Gasteiger partial charge is 0.269 e. The number of fused-ring (bicyclic) bond motifs is 3. The van der Waals surface area contributed by atoms with Gasteiger partial charge in [0.25, 0.3) is 5.91 Å². The number of carbonyl (C=O) groups excluding carboxylic acids is 1. The molecule has 2 aromatic heterocycles. The number of carbonyl (C=O) groups is 1. The summed E-state index contributed by atoms with van der Waals surface area (Å²) >= 11 is 0. The molecule has 2 heterocycles. The molecule has 30 heavy (non-hydrogen) atoms. The summed E-state index contributed by atoms with van der Waals surface area (Å²) in [4.78, 5) is 12.1. The Hall–Kier alpha value is -2.98. The van der Waals surface area contributed by atoms with Crippen molar-refractivity contribution in [3.8, 4) is 11.3 Å². The highest BCUT2D eigenvalue weighted by molar-refractivity contribution is 7.89. The quantitative estimate of drug-likeness (QED) is 0.468. The van der Waals surface area contributed by atoms with Crippen molar-refractivity contribution in [2.45, 2.75) is 44.0 Å². The fraction of sp³-hybridized carbons (Fsp3) is 0.350. The van der Waals surface area contributed by atoms with E-state index in [-0.39, 0.29) is 10.6 Å². The number of rotatable bonds is 8. The number of nitrogens with zero attached hydrogens (tertiary/aromatic N) is 3. The molecule has 1 aromatic carbocycles. The minimum Gasteiger partial charge on any atom is -0.364 e. The van der Waals surface area contributed by atoms with Gasteiger partial charge in [0, 0.05) is 23.4 Å². The molecule has 158 valence electrons. The molecule has 0 spiro atoms. The second-order valence-electron chi connectivity index (χ2n) is 7.36. The van der Waals surface area contributed by atoms with Crippen molar-refractivity contribution in [3.05, 3.63) is 53.0 Å². The molecule has 0 radical (unpaired) electrons. The highest BCUT2D eigenvalue weighted by Crippen LogP contribution is 2.34. The molecule has 0 saturated heterocycles. The minimum atomic E-state index is -3.52. The maximum atomic E-state index is 12.4. The molecular formula is C20H24N6O3S. The van der Waals surface area contributed by atoms with E-state index in [1.54, 1.807) is 35.1 Å². The fourth-order valence-electron chi connectivity index (χ4n) is 3.72. The van der Waals surface area contributed by atoms with Crippen LogP contribution in [0, 0.1) is 0 Å². The molecule has 4 N–H and O–H groups in total. The summed E-state index contributed by atoms with van der Waals surface area (Å²) in [5, 5.41) is 11.6. The minimum absolute atomic E-state index is 0.222. The first-order valence-corrected chi connectivity index (χ1v) is 11.4. The van der Waals surface area contributed by atoms with E-state index in [1.165, 1.54) is 0 Å². The maximum Gasteiger partial charge on any atom is 0.269 e. The van der Waals surface area contributed by atoms with Crippen molar-refractivity contribution in [1.29, 1.82) is 0 Å². The van der Waals surface area contributed by atoms with Crippen molar-refractivity contribution in [3.63, 3.8) is 0 Å². The Morgan fingerprint density at radius 1 is 1.27 bits per heavy atom. The van der Waals surface area contributed by atoms with E-state index >= 15 is 0 Å². The van der Waals surface area contributed by atoms with Crippen LogP contribution in [-0.2, 0) is 29.4 Å². The number of aryl methyl sites for hydroxylation is 1. The number of amides is 1. The Bertz CT molecular complexity index is 1180. The van der Waals surface area contributed by atoms with Crippen LogP contribution in [0.4, 0.5) is 0 Å². The average Bonchev–Trinajstić information content (AvgIpc) is 3.33. The molecule has 0 unspecified atom stereocenters. The van der Waals surface area contributed by atoms with E-state index in [4.69, 9.17) is 5.73 Å². The Labute approximate surface area is 174 Å². The number of sulfonamides is 1. The first kappa shape index (κ1) is 20.3. The Morgan fingerprint density at radius 3 is 2.73 bits per heavy atom. The van der Waals surface area contributed by atoms with Crippen molar-refractivity contribution >= 4 is 15.9 Å². The van der Waals surface area contributed by atoms with Gasteiger partial charge >= 0.3 is 0 Å². The third-order valence-corrected chi connectivity index (χ3v) is 6.75. The fourth-order valence-corrected chi connectivity index (χ4v) is 4.80. The van der Waals surface area contributed by atoms with E-state index in [0.29, 0.717) is 19.5 Å². The van der Waals surface area contributed by atoms with Crippen molar-refractivity contribution in [1.82, 2.24) is 24.7 Å². The Balaban J connectivity index is 1.62. The van der Waals surface area contributed by atoms with Gasteiger partial charge in [0.2, 0.25) is 10.0 Å². The Morgan fingerprint density at radius 2 is 2.03 bits per heavy atom. The molecular weight excluding hydrogens is 404 g/mol. The first-order valence-electron chi connectivity index (χ1n) is 9.91. The first-order chi connectivity index (χ1) is 14.4. The molecule has 4 rings (SSSR count). The number of hydrogen-bond acceptors (Lipinski definition) is 5. The lowest BCUT2D eigenvalue weighted by molar-refractivity contribution is 0.0994. The van der Waals surface area contributed by atoms with Crippen molar-refractivity contribution < 1.29 is 13.2 Å². The van der Waals surface area contributed by atoms with Gasteiger partial charge in [0.05, 0.1) is 23.3 Å². The number of primary amides is 1. The normalized spacial score (nSPS) is 13.1. The number of unbranched alkanes of at least 4 members (excludes halogenated alkanes) is 1. The van der Waals surface area contributed by atoms with Gasteiger partial charge in [-0.1, -0.05) is 25.5 Å². The lowest BCUT2D eigenvalue weighted by atomic mass is 9.93. The van der Waals surface area contributed by atoms with E-state index < -0.39 is 15.9 Å². The highest BCUT2D eigenvalue weighted by atomic mass is 32.2. The zero-order valence-electron chi connectivity index (χ0n) is 16.7. The van der Waals surface area contributed by atoms with Gasteiger partial charge in [0.1, 0.15) is 0 Å². The van der Waals surface area contributed by atoms with Crippen molar-refractivity contribution in [2.24, 2.45) is 5.73 Å². The number of benzene rings is 1. The van der Waals surface area contributed by atoms with Crippen LogP contribution in [0.15, 0.2) is 35.4 Å². The molecule has 0 aliphatic heterocycles. The van der Waals surface area contributed by atoms with Gasteiger partial charge in [-0.15, -0.1) is 0 Å². The van der Waals surface area contributed by atoms with Crippen LogP contribution in [0.5, 0.6) is 0 Å². The van der Waals surface area contributed by atoms with Crippen LogP contribution in [-0.4, -0.2) is 40.8 Å². The number of aromatic amines is 1. The van der Waals surface area contributed by atoms with E-state index in [1.807, 2.05) is 6.92 Å². The van der Waals surface area contributed by atoms with E-state index in [9.17, 15) is 13.2 Å². The zero-order valence-corrected chi connectivity index (χ0v) is 17.5. The second-order valence-corrected chi connectivity index (χ2v) is 9.12. The van der Waals surface area contributed by atoms with E-state index in [0.717, 1.165) is 47.3 Å². The van der Waals surface area contributed by atoms with Crippen LogP contribution in [0.1, 0.15) is 47.1 Å². The van der Waals surface area contributed by atoms with Gasteiger partial charge in [-0.2, -0.15) is 10.2 Å². The van der Waals surface area contributed by atoms with Gasteiger partial charge in [0.15, 0.2) is 5.69 Å². The molecule has 0 saturated carbocycles. The number of hydrogen-bond donors (Lipinski definition) is 3. The molecule has 1 aliphatic rings. The summed E-state index contributed by atoms with van der Waals surface area (Å²) in [6, 6.07) is 6.67.